The first-order valence-corrected chi connectivity index (χ1v) is 6.40. The first-order chi connectivity index (χ1) is 8.50. The minimum Gasteiger partial charge on any atom is -0.389 e. The van der Waals surface area contributed by atoms with Crippen molar-refractivity contribution in [2.45, 2.75) is 0 Å². The Bertz CT molecular complexity index is 454. The Kier molecular flexibility index (Phi) is 6.03. The lowest BCUT2D eigenvalue weighted by molar-refractivity contribution is -0.122. The van der Waals surface area contributed by atoms with E-state index in [0.29, 0.717) is 18.1 Å². The van der Waals surface area contributed by atoms with E-state index in [1.54, 1.807) is 0 Å². The average Bonchev–Trinajstić information content (AvgIpc) is 2.27. The van der Waals surface area contributed by atoms with Crippen LogP contribution in [0.3, 0.4) is 0 Å². The lowest BCUT2D eigenvalue weighted by Crippen LogP contribution is -2.21. The Hall–Kier alpha value is -1.18. The van der Waals surface area contributed by atoms with Gasteiger partial charge in [0.25, 0.3) is 0 Å². The van der Waals surface area contributed by atoms with Crippen molar-refractivity contribution in [1.82, 2.24) is 0 Å². The number of thiocarbonyl (C=S) groups is 1. The van der Waals surface area contributed by atoms with Crippen molar-refractivity contribution in [1.29, 1.82) is 0 Å². The molecule has 0 fully saturated rings. The zero-order chi connectivity index (χ0) is 13.5. The number of nitrogens with two attached hydrogens (primary N) is 2. The normalized spacial score (nSPS) is 10.1. The van der Waals surface area contributed by atoms with Gasteiger partial charge in [-0.3, -0.25) is 4.79 Å². The van der Waals surface area contributed by atoms with Crippen LogP contribution in [0.25, 0.3) is 0 Å². The molecule has 98 valence electrons. The van der Waals surface area contributed by atoms with Crippen LogP contribution in [-0.4, -0.2) is 30.7 Å². The van der Waals surface area contributed by atoms with Crippen LogP contribution >= 0.6 is 28.1 Å². The molecule has 0 atom stereocenters. The highest BCUT2D eigenvalue weighted by Gasteiger charge is 2.05. The molecule has 0 spiro atoms. The summed E-state index contributed by atoms with van der Waals surface area (Å²) in [5, 5.41) is 3.13. The number of hydrogen-bond acceptors (Lipinski definition) is 4. The van der Waals surface area contributed by atoms with Gasteiger partial charge in [0, 0.05) is 22.3 Å². The van der Waals surface area contributed by atoms with E-state index in [4.69, 9.17) is 28.4 Å². The highest BCUT2D eigenvalue weighted by molar-refractivity contribution is 9.10. The summed E-state index contributed by atoms with van der Waals surface area (Å²) in [7, 11) is 0. The van der Waals surface area contributed by atoms with Crippen molar-refractivity contribution >= 4 is 44.7 Å². The van der Waals surface area contributed by atoms with E-state index in [2.05, 4.69) is 21.2 Å². The van der Waals surface area contributed by atoms with Crippen LogP contribution in [0.4, 0.5) is 5.69 Å². The van der Waals surface area contributed by atoms with Gasteiger partial charge in [0.15, 0.2) is 0 Å². The van der Waals surface area contributed by atoms with E-state index in [1.165, 1.54) is 0 Å². The van der Waals surface area contributed by atoms with E-state index in [9.17, 15) is 4.79 Å². The summed E-state index contributed by atoms with van der Waals surface area (Å²) in [4.78, 5) is 10.8. The number of rotatable bonds is 7. The highest BCUT2D eigenvalue weighted by Crippen LogP contribution is 2.21. The number of benzene rings is 1. The SMILES string of the molecule is NC(=O)COCCNc1cc(Br)ccc1C(N)=S. The van der Waals surface area contributed by atoms with E-state index in [1.807, 2.05) is 18.2 Å². The van der Waals surface area contributed by atoms with Crippen LogP contribution in [0.2, 0.25) is 0 Å². The van der Waals surface area contributed by atoms with Crippen molar-refractivity contribution in [2.24, 2.45) is 11.5 Å². The molecule has 1 amide bonds. The van der Waals surface area contributed by atoms with Crippen LogP contribution in [0.15, 0.2) is 22.7 Å². The van der Waals surface area contributed by atoms with Crippen LogP contribution in [-0.2, 0) is 9.53 Å². The molecule has 7 heteroatoms. The van der Waals surface area contributed by atoms with E-state index < -0.39 is 5.91 Å². The molecule has 0 unspecified atom stereocenters. The maximum Gasteiger partial charge on any atom is 0.243 e. The Labute approximate surface area is 119 Å². The smallest absolute Gasteiger partial charge is 0.243 e. The molecular weight excluding hydrogens is 318 g/mol. The van der Waals surface area contributed by atoms with Gasteiger partial charge < -0.3 is 21.5 Å². The fourth-order valence-corrected chi connectivity index (χ4v) is 1.85. The predicted molar refractivity (Wildman–Crippen MR) is 78.5 cm³/mol. The van der Waals surface area contributed by atoms with Crippen LogP contribution in [0.1, 0.15) is 5.56 Å². The number of anilines is 1. The number of carbonyl (C=O) groups excluding carboxylic acids is 1. The molecule has 0 saturated carbocycles. The standard InChI is InChI=1S/C11H14BrN3O2S/c12-7-1-2-8(11(14)18)9(5-7)15-3-4-17-6-10(13)16/h1-2,5,15H,3-4,6H2,(H2,13,16)(H2,14,18). The molecule has 0 aliphatic rings. The molecule has 0 heterocycles. The maximum absolute atomic E-state index is 10.5. The topological polar surface area (TPSA) is 90.4 Å². The van der Waals surface area contributed by atoms with Crippen molar-refractivity contribution in [3.05, 3.63) is 28.2 Å². The van der Waals surface area contributed by atoms with Gasteiger partial charge in [-0.25, -0.2) is 0 Å². The maximum atomic E-state index is 10.5. The number of primary amides is 1. The van der Waals surface area contributed by atoms with Gasteiger partial charge in [0.1, 0.15) is 11.6 Å². The number of nitrogens with one attached hydrogen (secondary N) is 1. The predicted octanol–water partition coefficient (Wildman–Crippen LogP) is 0.997. The van der Waals surface area contributed by atoms with Gasteiger partial charge in [-0.15, -0.1) is 0 Å². The second-order valence-corrected chi connectivity index (χ2v) is 4.86. The van der Waals surface area contributed by atoms with Gasteiger partial charge in [0.2, 0.25) is 5.91 Å². The van der Waals surface area contributed by atoms with Crippen molar-refractivity contribution in [3.63, 3.8) is 0 Å². The first-order valence-electron chi connectivity index (χ1n) is 5.20. The van der Waals surface area contributed by atoms with Gasteiger partial charge in [-0.1, -0.05) is 28.1 Å². The Balaban J connectivity index is 2.53. The quantitative estimate of drug-likeness (QED) is 0.512. The highest BCUT2D eigenvalue weighted by atomic mass is 79.9. The molecule has 1 rings (SSSR count). The zero-order valence-corrected chi connectivity index (χ0v) is 12.0. The molecule has 5 N–H and O–H groups in total. The second-order valence-electron chi connectivity index (χ2n) is 3.50. The molecule has 5 nitrogen and oxygen atoms in total. The van der Waals surface area contributed by atoms with Crippen molar-refractivity contribution < 1.29 is 9.53 Å². The molecule has 0 saturated heterocycles. The largest absolute Gasteiger partial charge is 0.389 e. The summed E-state index contributed by atoms with van der Waals surface area (Å²) in [5.74, 6) is -0.485. The number of ether oxygens (including phenoxy) is 1. The van der Waals surface area contributed by atoms with Crippen LogP contribution < -0.4 is 16.8 Å². The van der Waals surface area contributed by atoms with Crippen LogP contribution in [0, 0.1) is 0 Å². The average molecular weight is 332 g/mol. The van der Waals surface area contributed by atoms with Crippen molar-refractivity contribution in [2.75, 3.05) is 25.1 Å². The van der Waals surface area contributed by atoms with E-state index in [0.717, 1.165) is 15.7 Å². The minimum atomic E-state index is -0.485. The summed E-state index contributed by atoms with van der Waals surface area (Å²) < 4.78 is 5.95. The van der Waals surface area contributed by atoms with Gasteiger partial charge in [-0.2, -0.15) is 0 Å². The number of amides is 1. The monoisotopic (exact) mass is 331 g/mol. The molecule has 18 heavy (non-hydrogen) atoms. The summed E-state index contributed by atoms with van der Waals surface area (Å²) >= 11 is 8.33. The molecular formula is C11H14BrN3O2S. The van der Waals surface area contributed by atoms with Gasteiger partial charge in [0.05, 0.1) is 6.61 Å². The molecule has 0 aliphatic carbocycles. The number of carbonyl (C=O) groups is 1. The third-order valence-corrected chi connectivity index (χ3v) is 2.77. The van der Waals surface area contributed by atoms with E-state index >= 15 is 0 Å². The molecule has 0 radical (unpaired) electrons. The third-order valence-electron chi connectivity index (χ3n) is 2.05. The molecule has 1 aromatic carbocycles. The summed E-state index contributed by atoms with van der Waals surface area (Å²) in [6.45, 7) is 0.813. The Morgan fingerprint density at radius 1 is 1.44 bits per heavy atom. The molecule has 1 aromatic rings. The third kappa shape index (κ3) is 4.99. The zero-order valence-electron chi connectivity index (χ0n) is 9.61. The van der Waals surface area contributed by atoms with Gasteiger partial charge in [-0.05, 0) is 18.2 Å². The number of hydrogen-bond donors (Lipinski definition) is 3. The fourth-order valence-electron chi connectivity index (χ4n) is 1.31. The Morgan fingerprint density at radius 3 is 2.78 bits per heavy atom. The number of halogens is 1. The van der Waals surface area contributed by atoms with Crippen LogP contribution in [0.5, 0.6) is 0 Å². The Morgan fingerprint density at radius 2 is 2.17 bits per heavy atom. The van der Waals surface area contributed by atoms with Gasteiger partial charge >= 0.3 is 0 Å². The second kappa shape index (κ2) is 7.30. The fraction of sp³-hybridized carbons (Fsp3) is 0.273. The lowest BCUT2D eigenvalue weighted by Gasteiger charge is -2.11. The first kappa shape index (κ1) is 14.9. The summed E-state index contributed by atoms with van der Waals surface area (Å²) in [6.07, 6.45) is 0. The summed E-state index contributed by atoms with van der Waals surface area (Å²) in [5.41, 5.74) is 12.1. The summed E-state index contributed by atoms with van der Waals surface area (Å²) in [6, 6.07) is 5.57. The van der Waals surface area contributed by atoms with Crippen molar-refractivity contribution in [3.8, 4) is 0 Å². The molecule has 0 bridgehead atoms. The minimum absolute atomic E-state index is 0.0810. The lowest BCUT2D eigenvalue weighted by atomic mass is 10.2. The molecule has 0 aromatic heterocycles. The van der Waals surface area contributed by atoms with E-state index in [-0.39, 0.29) is 6.61 Å². The molecule has 0 aliphatic heterocycles.